The molecule has 9 heteroatoms. The van der Waals surface area contributed by atoms with Gasteiger partial charge in [0.15, 0.2) is 0 Å². The van der Waals surface area contributed by atoms with Gasteiger partial charge in [-0.3, -0.25) is 9.59 Å². The van der Waals surface area contributed by atoms with E-state index in [0.29, 0.717) is 24.9 Å². The van der Waals surface area contributed by atoms with Crippen LogP contribution in [0.1, 0.15) is 29.5 Å². The van der Waals surface area contributed by atoms with Gasteiger partial charge in [-0.1, -0.05) is 24.3 Å². The second-order valence-electron chi connectivity index (χ2n) is 7.50. The molecule has 0 unspecified atom stereocenters. The number of nitrogens with one attached hydrogen (secondary N) is 2. The van der Waals surface area contributed by atoms with Crippen LogP contribution in [0.4, 0.5) is 5.69 Å². The van der Waals surface area contributed by atoms with Crippen LogP contribution in [-0.2, 0) is 19.6 Å². The van der Waals surface area contributed by atoms with Gasteiger partial charge in [-0.25, -0.2) is 8.42 Å². The molecule has 2 N–H and O–H groups in total. The minimum atomic E-state index is -3.72. The van der Waals surface area contributed by atoms with Crippen molar-refractivity contribution in [3.05, 3.63) is 59.2 Å². The maximum atomic E-state index is 13.2. The fourth-order valence-corrected chi connectivity index (χ4v) is 5.60. The third-order valence-corrected chi connectivity index (χ3v) is 7.35. The van der Waals surface area contributed by atoms with Gasteiger partial charge in [0.2, 0.25) is 10.0 Å². The van der Waals surface area contributed by atoms with Crippen molar-refractivity contribution in [3.8, 4) is 6.07 Å². The number of aryl methyl sites for hydroxylation is 2. The maximum absolute atomic E-state index is 13.2. The number of carbonyl (C=O) groups is 2. The van der Waals surface area contributed by atoms with Crippen LogP contribution >= 0.6 is 0 Å². The molecule has 1 atom stereocenters. The first-order valence-electron chi connectivity index (χ1n) is 9.91. The molecule has 0 saturated carbocycles. The van der Waals surface area contributed by atoms with Gasteiger partial charge >= 0.3 is 11.8 Å². The summed E-state index contributed by atoms with van der Waals surface area (Å²) in [7, 11) is -3.72. The Morgan fingerprint density at radius 3 is 2.65 bits per heavy atom. The molecule has 0 radical (unpaired) electrons. The third-order valence-electron chi connectivity index (χ3n) is 5.25. The van der Waals surface area contributed by atoms with Gasteiger partial charge in [0.1, 0.15) is 6.07 Å². The van der Waals surface area contributed by atoms with E-state index in [9.17, 15) is 18.0 Å². The number of hydrogen-bond donors (Lipinski definition) is 2. The van der Waals surface area contributed by atoms with Crippen molar-refractivity contribution in [2.75, 3.05) is 18.4 Å². The molecule has 0 bridgehead atoms. The van der Waals surface area contributed by atoms with Crippen LogP contribution in [0.2, 0.25) is 0 Å². The Kier molecular flexibility index (Phi) is 6.73. The van der Waals surface area contributed by atoms with Crippen molar-refractivity contribution in [2.24, 2.45) is 0 Å². The van der Waals surface area contributed by atoms with E-state index in [-0.39, 0.29) is 22.7 Å². The number of amides is 2. The van der Waals surface area contributed by atoms with Gasteiger partial charge < -0.3 is 10.6 Å². The molecule has 31 heavy (non-hydrogen) atoms. The topological polar surface area (TPSA) is 119 Å². The van der Waals surface area contributed by atoms with E-state index in [0.717, 1.165) is 5.56 Å². The standard InChI is InChI=1S/C22H24N4O4S/c1-15-9-10-16(2)20(12-15)31(29,30)26-11-5-7-18(26)14-24-21(27)22(28)25-19-8-4-3-6-17(19)13-23/h3-4,6,8-10,12,18H,5,7,11,14H2,1-2H3,(H,24,27)(H,25,28)/t18-/m0/s1. The van der Waals surface area contributed by atoms with E-state index < -0.39 is 27.9 Å². The number of hydrogen-bond acceptors (Lipinski definition) is 5. The monoisotopic (exact) mass is 440 g/mol. The van der Waals surface area contributed by atoms with E-state index in [1.807, 2.05) is 19.1 Å². The zero-order chi connectivity index (χ0) is 22.6. The molecule has 0 spiro atoms. The zero-order valence-electron chi connectivity index (χ0n) is 17.4. The Hall–Kier alpha value is -3.22. The SMILES string of the molecule is Cc1ccc(C)c(S(=O)(=O)N2CCC[C@H]2CNC(=O)C(=O)Nc2ccccc2C#N)c1. The smallest absolute Gasteiger partial charge is 0.313 e. The molecule has 0 aliphatic carbocycles. The van der Waals surface area contributed by atoms with Crippen molar-refractivity contribution < 1.29 is 18.0 Å². The summed E-state index contributed by atoms with van der Waals surface area (Å²) >= 11 is 0. The highest BCUT2D eigenvalue weighted by atomic mass is 32.2. The molecule has 1 aliphatic heterocycles. The van der Waals surface area contributed by atoms with Crippen LogP contribution in [0, 0.1) is 25.2 Å². The Bertz CT molecular complexity index is 1150. The quantitative estimate of drug-likeness (QED) is 0.690. The third kappa shape index (κ3) is 4.93. The highest BCUT2D eigenvalue weighted by molar-refractivity contribution is 7.89. The van der Waals surface area contributed by atoms with Gasteiger partial charge in [-0.05, 0) is 56.0 Å². The summed E-state index contributed by atoms with van der Waals surface area (Å²) in [5, 5.41) is 14.0. The lowest BCUT2D eigenvalue weighted by Crippen LogP contribution is -2.45. The minimum Gasteiger partial charge on any atom is -0.346 e. The first-order valence-corrected chi connectivity index (χ1v) is 11.4. The summed E-state index contributed by atoms with van der Waals surface area (Å²) < 4.78 is 27.8. The Balaban J connectivity index is 1.67. The number of anilines is 1. The maximum Gasteiger partial charge on any atom is 0.313 e. The number of para-hydroxylation sites is 1. The van der Waals surface area contributed by atoms with Crippen molar-refractivity contribution in [1.29, 1.82) is 5.26 Å². The number of rotatable bonds is 5. The van der Waals surface area contributed by atoms with Crippen LogP contribution in [0.25, 0.3) is 0 Å². The Labute approximate surface area is 181 Å². The fourth-order valence-electron chi connectivity index (χ4n) is 3.60. The molecule has 1 saturated heterocycles. The van der Waals surface area contributed by atoms with Crippen LogP contribution in [0.15, 0.2) is 47.4 Å². The molecule has 8 nitrogen and oxygen atoms in total. The molecule has 1 heterocycles. The lowest BCUT2D eigenvalue weighted by molar-refractivity contribution is -0.136. The summed E-state index contributed by atoms with van der Waals surface area (Å²) in [6, 6.07) is 13.1. The fraction of sp³-hybridized carbons (Fsp3) is 0.318. The second-order valence-corrected chi connectivity index (χ2v) is 9.36. The van der Waals surface area contributed by atoms with Crippen LogP contribution in [0.3, 0.4) is 0 Å². The van der Waals surface area contributed by atoms with E-state index in [4.69, 9.17) is 5.26 Å². The van der Waals surface area contributed by atoms with Crippen LogP contribution in [-0.4, -0.2) is 43.7 Å². The number of carbonyl (C=O) groups excluding carboxylic acids is 2. The van der Waals surface area contributed by atoms with Gasteiger partial charge in [0.25, 0.3) is 0 Å². The highest BCUT2D eigenvalue weighted by Crippen LogP contribution is 2.28. The van der Waals surface area contributed by atoms with Gasteiger partial charge in [0.05, 0.1) is 16.1 Å². The number of sulfonamides is 1. The normalized spacial score (nSPS) is 16.5. The molecule has 0 aromatic heterocycles. The molecule has 2 amide bonds. The van der Waals surface area contributed by atoms with E-state index in [1.165, 1.54) is 16.4 Å². The van der Waals surface area contributed by atoms with E-state index in [2.05, 4.69) is 10.6 Å². The minimum absolute atomic E-state index is 0.0241. The predicted molar refractivity (Wildman–Crippen MR) is 116 cm³/mol. The van der Waals surface area contributed by atoms with Crippen molar-refractivity contribution in [1.82, 2.24) is 9.62 Å². The zero-order valence-corrected chi connectivity index (χ0v) is 18.2. The van der Waals surface area contributed by atoms with Gasteiger partial charge in [-0.15, -0.1) is 0 Å². The van der Waals surface area contributed by atoms with E-state index in [1.54, 1.807) is 31.2 Å². The van der Waals surface area contributed by atoms with Gasteiger partial charge in [-0.2, -0.15) is 9.57 Å². The molecule has 162 valence electrons. The Morgan fingerprint density at radius 1 is 1.16 bits per heavy atom. The molecule has 1 aliphatic rings. The predicted octanol–water partition coefficient (Wildman–Crippen LogP) is 2.08. The first-order chi connectivity index (χ1) is 14.7. The molecule has 2 aromatic carbocycles. The summed E-state index contributed by atoms with van der Waals surface area (Å²) in [6.45, 7) is 3.97. The van der Waals surface area contributed by atoms with Crippen LogP contribution < -0.4 is 10.6 Å². The number of nitriles is 1. The molecular formula is C22H24N4O4S. The molecule has 1 fully saturated rings. The number of benzene rings is 2. The summed E-state index contributed by atoms with van der Waals surface area (Å²) in [5.41, 5.74) is 1.99. The largest absolute Gasteiger partial charge is 0.346 e. The van der Waals surface area contributed by atoms with Gasteiger partial charge in [0, 0.05) is 19.1 Å². The average molecular weight is 441 g/mol. The molecule has 2 aromatic rings. The average Bonchev–Trinajstić information content (AvgIpc) is 3.23. The highest BCUT2D eigenvalue weighted by Gasteiger charge is 2.36. The Morgan fingerprint density at radius 2 is 1.90 bits per heavy atom. The summed E-state index contributed by atoms with van der Waals surface area (Å²) in [6.07, 6.45) is 1.26. The van der Waals surface area contributed by atoms with Crippen LogP contribution in [0.5, 0.6) is 0 Å². The molecule has 3 rings (SSSR count). The van der Waals surface area contributed by atoms with Crippen molar-refractivity contribution >= 4 is 27.5 Å². The first kappa shape index (κ1) is 22.5. The lowest BCUT2D eigenvalue weighted by Gasteiger charge is -2.25. The summed E-state index contributed by atoms with van der Waals surface area (Å²) in [4.78, 5) is 24.7. The van der Waals surface area contributed by atoms with Crippen molar-refractivity contribution in [3.63, 3.8) is 0 Å². The molecular weight excluding hydrogens is 416 g/mol. The number of nitrogens with zero attached hydrogens (tertiary/aromatic N) is 2. The lowest BCUT2D eigenvalue weighted by atomic mass is 10.2. The van der Waals surface area contributed by atoms with E-state index >= 15 is 0 Å². The summed E-state index contributed by atoms with van der Waals surface area (Å²) in [5.74, 6) is -1.80. The van der Waals surface area contributed by atoms with Crippen molar-refractivity contribution in [2.45, 2.75) is 37.6 Å². The second kappa shape index (κ2) is 9.29.